The molecule has 1 aromatic heterocycles. The van der Waals surface area contributed by atoms with E-state index in [1.165, 1.54) is 24.0 Å². The van der Waals surface area contributed by atoms with Gasteiger partial charge in [-0.3, -0.25) is 10.1 Å². The Labute approximate surface area is 101 Å². The average Bonchev–Trinajstić information content (AvgIpc) is 2.29. The summed E-state index contributed by atoms with van der Waals surface area (Å²) in [4.78, 5) is 14.7. The molecule has 0 spiro atoms. The van der Waals surface area contributed by atoms with E-state index in [1.807, 2.05) is 6.07 Å². The number of phenols is 1. The molecule has 0 amide bonds. The fourth-order valence-corrected chi connectivity index (χ4v) is 2.02. The lowest BCUT2D eigenvalue weighted by Crippen LogP contribution is -1.89. The first-order valence-electron chi connectivity index (χ1n) is 4.72. The standard InChI is InChI=1S/C11H8N2O3S/c14-9-2-1-3-10(6-9)17-11-5-4-8(7-12-11)13(15)16/h1-7,14H. The Bertz CT molecular complexity index is 543. The van der Waals surface area contributed by atoms with E-state index in [-0.39, 0.29) is 11.4 Å². The first kappa shape index (κ1) is 11.4. The van der Waals surface area contributed by atoms with Gasteiger partial charge in [-0.2, -0.15) is 0 Å². The summed E-state index contributed by atoms with van der Waals surface area (Å²) in [6.45, 7) is 0. The molecule has 0 aliphatic carbocycles. The fourth-order valence-electron chi connectivity index (χ4n) is 1.21. The number of nitrogens with zero attached hydrogens (tertiary/aromatic N) is 2. The van der Waals surface area contributed by atoms with Crippen LogP contribution in [0.1, 0.15) is 0 Å². The summed E-state index contributed by atoms with van der Waals surface area (Å²) in [5.74, 6) is 0.178. The zero-order valence-electron chi connectivity index (χ0n) is 8.61. The van der Waals surface area contributed by atoms with Gasteiger partial charge >= 0.3 is 0 Å². The van der Waals surface area contributed by atoms with Crippen molar-refractivity contribution in [3.8, 4) is 5.75 Å². The third-order valence-electron chi connectivity index (χ3n) is 1.97. The zero-order chi connectivity index (χ0) is 12.3. The quantitative estimate of drug-likeness (QED) is 0.667. The van der Waals surface area contributed by atoms with Gasteiger partial charge in [0.1, 0.15) is 17.0 Å². The average molecular weight is 248 g/mol. The maximum absolute atomic E-state index is 10.4. The fraction of sp³-hybridized carbons (Fsp3) is 0. The van der Waals surface area contributed by atoms with Crippen molar-refractivity contribution < 1.29 is 10.0 Å². The van der Waals surface area contributed by atoms with Crippen LogP contribution in [0, 0.1) is 10.1 Å². The van der Waals surface area contributed by atoms with E-state index in [4.69, 9.17) is 0 Å². The molecule has 2 rings (SSSR count). The monoisotopic (exact) mass is 248 g/mol. The SMILES string of the molecule is O=[N+]([O-])c1ccc(Sc2cccc(O)c2)nc1. The molecule has 0 aliphatic heterocycles. The van der Waals surface area contributed by atoms with Crippen LogP contribution in [0.3, 0.4) is 0 Å². The normalized spacial score (nSPS) is 10.1. The van der Waals surface area contributed by atoms with Crippen molar-refractivity contribution in [3.05, 3.63) is 52.7 Å². The summed E-state index contributed by atoms with van der Waals surface area (Å²) in [5.41, 5.74) is -0.0368. The van der Waals surface area contributed by atoms with E-state index in [1.54, 1.807) is 24.3 Å². The van der Waals surface area contributed by atoms with E-state index < -0.39 is 4.92 Å². The number of rotatable bonds is 3. The first-order chi connectivity index (χ1) is 8.15. The predicted molar refractivity (Wildman–Crippen MR) is 63.1 cm³/mol. The van der Waals surface area contributed by atoms with E-state index in [0.717, 1.165) is 4.90 Å². The van der Waals surface area contributed by atoms with Crippen molar-refractivity contribution in [1.82, 2.24) is 4.98 Å². The molecule has 0 saturated carbocycles. The van der Waals surface area contributed by atoms with Crippen molar-refractivity contribution in [2.45, 2.75) is 9.92 Å². The van der Waals surface area contributed by atoms with E-state index in [0.29, 0.717) is 5.03 Å². The molecule has 17 heavy (non-hydrogen) atoms. The van der Waals surface area contributed by atoms with Crippen LogP contribution >= 0.6 is 11.8 Å². The van der Waals surface area contributed by atoms with Gasteiger partial charge in [-0.05, 0) is 24.3 Å². The highest BCUT2D eigenvalue weighted by Gasteiger charge is 2.06. The largest absolute Gasteiger partial charge is 0.508 e. The predicted octanol–water partition coefficient (Wildman–Crippen LogP) is 2.85. The molecule has 0 fully saturated rings. The molecule has 1 N–H and O–H groups in total. The lowest BCUT2D eigenvalue weighted by molar-refractivity contribution is -0.385. The third-order valence-corrected chi connectivity index (χ3v) is 2.91. The third kappa shape index (κ3) is 2.94. The lowest BCUT2D eigenvalue weighted by atomic mass is 10.3. The van der Waals surface area contributed by atoms with E-state index in [9.17, 15) is 15.2 Å². The van der Waals surface area contributed by atoms with Gasteiger partial charge in [0.2, 0.25) is 0 Å². The van der Waals surface area contributed by atoms with Crippen LogP contribution in [-0.4, -0.2) is 15.0 Å². The van der Waals surface area contributed by atoms with Crippen molar-refractivity contribution in [2.75, 3.05) is 0 Å². The summed E-state index contributed by atoms with van der Waals surface area (Å²) < 4.78 is 0. The summed E-state index contributed by atoms with van der Waals surface area (Å²) in [5, 5.41) is 20.4. The van der Waals surface area contributed by atoms with Crippen LogP contribution in [0.2, 0.25) is 0 Å². The molecular formula is C11H8N2O3S. The van der Waals surface area contributed by atoms with Crippen LogP contribution in [0.5, 0.6) is 5.75 Å². The molecule has 1 heterocycles. The van der Waals surface area contributed by atoms with Crippen LogP contribution in [0.15, 0.2) is 52.5 Å². The maximum atomic E-state index is 10.4. The Hall–Kier alpha value is -2.08. The molecule has 5 nitrogen and oxygen atoms in total. The minimum absolute atomic E-state index is 0.0368. The molecule has 0 aliphatic rings. The van der Waals surface area contributed by atoms with Crippen molar-refractivity contribution in [3.63, 3.8) is 0 Å². The summed E-state index contributed by atoms with van der Waals surface area (Å²) in [6.07, 6.45) is 1.21. The maximum Gasteiger partial charge on any atom is 0.287 e. The van der Waals surface area contributed by atoms with Gasteiger partial charge in [0.25, 0.3) is 5.69 Å². The van der Waals surface area contributed by atoms with Crippen LogP contribution in [0.4, 0.5) is 5.69 Å². The zero-order valence-corrected chi connectivity index (χ0v) is 9.42. The highest BCUT2D eigenvalue weighted by atomic mass is 32.2. The number of aromatic nitrogens is 1. The topological polar surface area (TPSA) is 76.3 Å². The van der Waals surface area contributed by atoms with Crippen molar-refractivity contribution in [2.24, 2.45) is 0 Å². The molecule has 86 valence electrons. The smallest absolute Gasteiger partial charge is 0.287 e. The number of phenolic OH excluding ortho intramolecular Hbond substituents is 1. The number of benzene rings is 1. The Morgan fingerprint density at radius 2 is 2.12 bits per heavy atom. The number of hydrogen-bond acceptors (Lipinski definition) is 5. The minimum atomic E-state index is -0.490. The second-order valence-corrected chi connectivity index (χ2v) is 4.30. The molecule has 0 unspecified atom stereocenters. The number of nitro groups is 1. The highest BCUT2D eigenvalue weighted by molar-refractivity contribution is 7.99. The summed E-state index contributed by atoms with van der Waals surface area (Å²) >= 11 is 1.33. The molecule has 0 saturated heterocycles. The Morgan fingerprint density at radius 3 is 2.71 bits per heavy atom. The lowest BCUT2D eigenvalue weighted by Gasteiger charge is -2.00. The molecule has 0 radical (unpaired) electrons. The van der Waals surface area contributed by atoms with E-state index in [2.05, 4.69) is 4.98 Å². The molecular weight excluding hydrogens is 240 g/mol. The van der Waals surface area contributed by atoms with Crippen LogP contribution < -0.4 is 0 Å². The number of pyridine rings is 1. The number of hydrogen-bond donors (Lipinski definition) is 1. The summed E-state index contributed by atoms with van der Waals surface area (Å²) in [7, 11) is 0. The molecule has 1 aromatic carbocycles. The highest BCUT2D eigenvalue weighted by Crippen LogP contribution is 2.28. The van der Waals surface area contributed by atoms with Gasteiger partial charge in [0.15, 0.2) is 0 Å². The van der Waals surface area contributed by atoms with Gasteiger partial charge in [-0.15, -0.1) is 0 Å². The second kappa shape index (κ2) is 4.84. The molecule has 0 atom stereocenters. The summed E-state index contributed by atoms with van der Waals surface area (Å²) in [6, 6.07) is 9.71. The van der Waals surface area contributed by atoms with Gasteiger partial charge in [0.05, 0.1) is 4.92 Å². The van der Waals surface area contributed by atoms with Gasteiger partial charge in [-0.25, -0.2) is 4.98 Å². The number of aromatic hydroxyl groups is 1. The molecule has 2 aromatic rings. The first-order valence-corrected chi connectivity index (χ1v) is 5.54. The van der Waals surface area contributed by atoms with E-state index >= 15 is 0 Å². The van der Waals surface area contributed by atoms with Gasteiger partial charge in [-0.1, -0.05) is 17.8 Å². The van der Waals surface area contributed by atoms with Crippen molar-refractivity contribution >= 4 is 17.4 Å². The Balaban J connectivity index is 2.16. The van der Waals surface area contributed by atoms with Crippen molar-refractivity contribution in [1.29, 1.82) is 0 Å². The Kier molecular flexibility index (Phi) is 3.24. The van der Waals surface area contributed by atoms with Gasteiger partial charge < -0.3 is 5.11 Å². The molecule has 0 bridgehead atoms. The second-order valence-electron chi connectivity index (χ2n) is 3.21. The van der Waals surface area contributed by atoms with Gasteiger partial charge in [0, 0.05) is 11.0 Å². The van der Waals surface area contributed by atoms with Crippen LogP contribution in [0.25, 0.3) is 0 Å². The minimum Gasteiger partial charge on any atom is -0.508 e. The molecule has 6 heteroatoms. The Morgan fingerprint density at radius 1 is 1.29 bits per heavy atom. The van der Waals surface area contributed by atoms with Crippen LogP contribution in [-0.2, 0) is 0 Å².